The number of fused-ring (bicyclic) bond motifs is 2. The van der Waals surface area contributed by atoms with Gasteiger partial charge in [0.25, 0.3) is 11.1 Å². The van der Waals surface area contributed by atoms with Crippen LogP contribution in [0.2, 0.25) is 0 Å². The standard InChI is InChI=1S/C30H35N5O6/c1-38-23-12-19-21(14-25(23)40-3)31-27(33-29(19)36)16-35(11-10-18-8-6-5-7-9-18)17-28-32-22-15-26(41-4)24(39-2)13-20(22)30(37)34-28/h8,12-15H,5-7,9-11,16-17H2,1-4H3,(H,31,33,36)(H,32,34,37). The average Bonchev–Trinajstić information content (AvgIpc) is 2.99. The fraction of sp³-hybridized carbons (Fsp3) is 0.400. The van der Waals surface area contributed by atoms with Crippen molar-refractivity contribution in [1.29, 1.82) is 0 Å². The van der Waals surface area contributed by atoms with Crippen molar-refractivity contribution in [3.63, 3.8) is 0 Å². The molecule has 2 aromatic heterocycles. The molecular weight excluding hydrogens is 526 g/mol. The van der Waals surface area contributed by atoms with Gasteiger partial charge in [-0.1, -0.05) is 11.6 Å². The second kappa shape index (κ2) is 12.4. The van der Waals surface area contributed by atoms with E-state index in [0.29, 0.717) is 76.1 Å². The number of aromatic amines is 2. The Labute approximate surface area is 237 Å². The number of hydrogen-bond acceptors (Lipinski definition) is 9. The number of aromatic nitrogens is 4. The molecule has 0 amide bonds. The van der Waals surface area contributed by atoms with Crippen LogP contribution in [-0.4, -0.2) is 59.8 Å². The minimum Gasteiger partial charge on any atom is -0.493 e. The molecule has 216 valence electrons. The van der Waals surface area contributed by atoms with Crippen molar-refractivity contribution in [2.45, 2.75) is 45.2 Å². The van der Waals surface area contributed by atoms with E-state index >= 15 is 0 Å². The van der Waals surface area contributed by atoms with Crippen molar-refractivity contribution >= 4 is 21.8 Å². The zero-order valence-electron chi connectivity index (χ0n) is 23.8. The number of ether oxygens (including phenoxy) is 4. The molecule has 41 heavy (non-hydrogen) atoms. The highest BCUT2D eigenvalue weighted by Crippen LogP contribution is 2.31. The first kappa shape index (κ1) is 28.2. The largest absolute Gasteiger partial charge is 0.493 e. The molecule has 0 saturated carbocycles. The van der Waals surface area contributed by atoms with Crippen LogP contribution in [0.3, 0.4) is 0 Å². The Bertz CT molecular complexity index is 1600. The molecule has 0 aliphatic heterocycles. The van der Waals surface area contributed by atoms with Crippen LogP contribution in [0.5, 0.6) is 23.0 Å². The molecule has 1 aliphatic rings. The van der Waals surface area contributed by atoms with E-state index in [1.54, 1.807) is 38.5 Å². The number of allylic oxidation sites excluding steroid dienone is 1. The summed E-state index contributed by atoms with van der Waals surface area (Å²) in [6, 6.07) is 6.66. The summed E-state index contributed by atoms with van der Waals surface area (Å²) in [7, 11) is 6.14. The van der Waals surface area contributed by atoms with Gasteiger partial charge in [-0.05, 0) is 44.2 Å². The maximum atomic E-state index is 13.0. The predicted octanol–water partition coefficient (Wildman–Crippen LogP) is 4.09. The number of nitrogens with one attached hydrogen (secondary N) is 2. The van der Waals surface area contributed by atoms with Gasteiger partial charge in [0.15, 0.2) is 23.0 Å². The minimum atomic E-state index is -0.265. The summed E-state index contributed by atoms with van der Waals surface area (Å²) in [6.45, 7) is 1.40. The number of methoxy groups -OCH3 is 4. The minimum absolute atomic E-state index is 0.265. The normalized spacial score (nSPS) is 13.4. The fourth-order valence-electron chi connectivity index (χ4n) is 5.25. The zero-order chi connectivity index (χ0) is 28.9. The quantitative estimate of drug-likeness (QED) is 0.260. The highest BCUT2D eigenvalue weighted by Gasteiger charge is 2.17. The SMILES string of the molecule is COc1cc2nc(CN(CCC3=CCCCC3)Cc3nc4cc(OC)c(OC)cc4c(=O)[nH]3)[nH]c(=O)c2cc1OC. The van der Waals surface area contributed by atoms with E-state index in [1.807, 2.05) is 0 Å². The molecule has 0 unspecified atom stereocenters. The Morgan fingerprint density at radius 3 is 1.66 bits per heavy atom. The Kier molecular flexibility index (Phi) is 8.53. The van der Waals surface area contributed by atoms with Crippen LogP contribution in [0, 0.1) is 0 Å². The molecule has 5 rings (SSSR count). The van der Waals surface area contributed by atoms with Gasteiger partial charge in [-0.2, -0.15) is 0 Å². The van der Waals surface area contributed by atoms with Gasteiger partial charge >= 0.3 is 0 Å². The first-order valence-electron chi connectivity index (χ1n) is 13.6. The Balaban J connectivity index is 1.48. The van der Waals surface area contributed by atoms with Gasteiger partial charge in [-0.15, -0.1) is 0 Å². The smallest absolute Gasteiger partial charge is 0.258 e. The molecule has 0 spiro atoms. The van der Waals surface area contributed by atoms with E-state index in [4.69, 9.17) is 28.9 Å². The lowest BCUT2D eigenvalue weighted by Gasteiger charge is -2.23. The first-order chi connectivity index (χ1) is 19.9. The molecule has 0 atom stereocenters. The zero-order valence-corrected chi connectivity index (χ0v) is 23.8. The molecule has 0 bridgehead atoms. The molecule has 11 nitrogen and oxygen atoms in total. The molecule has 0 fully saturated rings. The first-order valence-corrected chi connectivity index (χ1v) is 13.6. The number of benzene rings is 2. The molecule has 11 heteroatoms. The van der Waals surface area contributed by atoms with Crippen LogP contribution in [0.15, 0.2) is 45.5 Å². The summed E-state index contributed by atoms with van der Waals surface area (Å²) in [5.41, 5.74) is 1.91. The van der Waals surface area contributed by atoms with Gasteiger partial charge in [0.1, 0.15) is 11.6 Å². The molecule has 0 saturated heterocycles. The molecule has 2 N–H and O–H groups in total. The Morgan fingerprint density at radius 2 is 1.22 bits per heavy atom. The summed E-state index contributed by atoms with van der Waals surface area (Å²) in [6.07, 6.45) is 7.82. The predicted molar refractivity (Wildman–Crippen MR) is 156 cm³/mol. The highest BCUT2D eigenvalue weighted by molar-refractivity contribution is 5.82. The lowest BCUT2D eigenvalue weighted by Crippen LogP contribution is -2.29. The van der Waals surface area contributed by atoms with Crippen LogP contribution in [0.25, 0.3) is 21.8 Å². The van der Waals surface area contributed by atoms with Crippen molar-refractivity contribution in [3.05, 3.63) is 68.3 Å². The number of nitrogens with zero attached hydrogens (tertiary/aromatic N) is 3. The van der Waals surface area contributed by atoms with Gasteiger partial charge < -0.3 is 28.9 Å². The second-order valence-electron chi connectivity index (χ2n) is 10.0. The fourth-order valence-corrected chi connectivity index (χ4v) is 5.25. The summed E-state index contributed by atoms with van der Waals surface area (Å²) >= 11 is 0. The maximum absolute atomic E-state index is 13.0. The Morgan fingerprint density at radius 1 is 0.732 bits per heavy atom. The van der Waals surface area contributed by atoms with E-state index in [-0.39, 0.29) is 11.1 Å². The molecule has 2 heterocycles. The van der Waals surface area contributed by atoms with Gasteiger partial charge in [0.2, 0.25) is 0 Å². The van der Waals surface area contributed by atoms with Gasteiger partial charge in [-0.25, -0.2) is 9.97 Å². The lowest BCUT2D eigenvalue weighted by atomic mass is 9.97. The molecule has 1 aliphatic carbocycles. The summed E-state index contributed by atoms with van der Waals surface area (Å²) < 4.78 is 21.5. The molecule has 2 aromatic carbocycles. The number of hydrogen-bond donors (Lipinski definition) is 2. The van der Waals surface area contributed by atoms with E-state index in [2.05, 4.69) is 20.9 Å². The molecule has 4 aromatic rings. The van der Waals surface area contributed by atoms with Crippen LogP contribution in [0.4, 0.5) is 0 Å². The van der Waals surface area contributed by atoms with Crippen molar-refractivity contribution in [1.82, 2.24) is 24.8 Å². The Hall–Kier alpha value is -4.38. The third kappa shape index (κ3) is 6.19. The van der Waals surface area contributed by atoms with Crippen LogP contribution in [-0.2, 0) is 13.1 Å². The van der Waals surface area contributed by atoms with Crippen molar-refractivity contribution in [2.75, 3.05) is 35.0 Å². The van der Waals surface area contributed by atoms with E-state index in [1.165, 1.54) is 32.6 Å². The topological polar surface area (TPSA) is 132 Å². The summed E-state index contributed by atoms with van der Waals surface area (Å²) in [5, 5.41) is 0.824. The number of H-pyrrole nitrogens is 2. The monoisotopic (exact) mass is 561 g/mol. The van der Waals surface area contributed by atoms with Crippen LogP contribution < -0.4 is 30.1 Å². The average molecular weight is 562 g/mol. The van der Waals surface area contributed by atoms with Crippen molar-refractivity contribution < 1.29 is 18.9 Å². The molecule has 0 radical (unpaired) electrons. The lowest BCUT2D eigenvalue weighted by molar-refractivity contribution is 0.246. The second-order valence-corrected chi connectivity index (χ2v) is 10.0. The van der Waals surface area contributed by atoms with E-state index in [9.17, 15) is 9.59 Å². The number of rotatable bonds is 11. The van der Waals surface area contributed by atoms with Crippen molar-refractivity contribution in [2.24, 2.45) is 0 Å². The maximum Gasteiger partial charge on any atom is 0.258 e. The summed E-state index contributed by atoms with van der Waals surface area (Å²) in [5.74, 6) is 2.92. The van der Waals surface area contributed by atoms with Gasteiger partial charge in [0, 0.05) is 18.7 Å². The van der Waals surface area contributed by atoms with Gasteiger partial charge in [-0.3, -0.25) is 14.5 Å². The van der Waals surface area contributed by atoms with E-state index in [0.717, 1.165) is 19.3 Å². The van der Waals surface area contributed by atoms with Crippen LogP contribution >= 0.6 is 0 Å². The summed E-state index contributed by atoms with van der Waals surface area (Å²) in [4.78, 5) is 43.5. The highest BCUT2D eigenvalue weighted by atomic mass is 16.5. The third-order valence-corrected chi connectivity index (χ3v) is 7.40. The molecular formula is C30H35N5O6. The van der Waals surface area contributed by atoms with E-state index < -0.39 is 0 Å². The van der Waals surface area contributed by atoms with Gasteiger partial charge in [0.05, 0.1) is 63.3 Å². The van der Waals surface area contributed by atoms with Crippen molar-refractivity contribution in [3.8, 4) is 23.0 Å². The van der Waals surface area contributed by atoms with Crippen LogP contribution in [0.1, 0.15) is 43.8 Å². The third-order valence-electron chi connectivity index (χ3n) is 7.40.